The SMILES string of the molecule is CC(C)NCC1(Cc2cncs2)CCCC1. The highest BCUT2D eigenvalue weighted by Crippen LogP contribution is 2.41. The van der Waals surface area contributed by atoms with Crippen LogP contribution in [0.1, 0.15) is 44.4 Å². The minimum Gasteiger partial charge on any atom is -0.314 e. The second-order valence-corrected chi connectivity index (χ2v) is 6.36. The lowest BCUT2D eigenvalue weighted by molar-refractivity contribution is 0.271. The van der Waals surface area contributed by atoms with E-state index in [1.807, 2.05) is 11.7 Å². The molecule has 0 amide bonds. The van der Waals surface area contributed by atoms with Crippen LogP contribution >= 0.6 is 11.3 Å². The van der Waals surface area contributed by atoms with Crippen molar-refractivity contribution in [3.05, 3.63) is 16.6 Å². The molecule has 0 saturated heterocycles. The van der Waals surface area contributed by atoms with Crippen LogP contribution in [0, 0.1) is 5.41 Å². The Morgan fingerprint density at radius 3 is 2.75 bits per heavy atom. The Morgan fingerprint density at radius 2 is 2.19 bits per heavy atom. The molecule has 1 saturated carbocycles. The predicted molar refractivity (Wildman–Crippen MR) is 69.9 cm³/mol. The van der Waals surface area contributed by atoms with Gasteiger partial charge in [-0.2, -0.15) is 0 Å². The number of aromatic nitrogens is 1. The molecule has 2 nitrogen and oxygen atoms in total. The zero-order valence-corrected chi connectivity index (χ0v) is 11.1. The lowest BCUT2D eigenvalue weighted by Gasteiger charge is -2.30. The van der Waals surface area contributed by atoms with Gasteiger partial charge in [0.1, 0.15) is 0 Å². The van der Waals surface area contributed by atoms with E-state index in [0.717, 1.165) is 0 Å². The molecule has 3 heteroatoms. The smallest absolute Gasteiger partial charge is 0.0794 e. The molecule has 2 rings (SSSR count). The van der Waals surface area contributed by atoms with Gasteiger partial charge in [-0.05, 0) is 24.7 Å². The average Bonchev–Trinajstić information content (AvgIpc) is 2.88. The first kappa shape index (κ1) is 12.1. The molecule has 0 spiro atoms. The van der Waals surface area contributed by atoms with Gasteiger partial charge in [0.2, 0.25) is 0 Å². The van der Waals surface area contributed by atoms with Crippen molar-refractivity contribution in [2.75, 3.05) is 6.54 Å². The summed E-state index contributed by atoms with van der Waals surface area (Å²) in [5.41, 5.74) is 2.46. The Labute approximate surface area is 102 Å². The molecule has 1 aromatic heterocycles. The molecule has 1 fully saturated rings. The van der Waals surface area contributed by atoms with Gasteiger partial charge >= 0.3 is 0 Å². The molecule has 0 bridgehead atoms. The van der Waals surface area contributed by atoms with Gasteiger partial charge in [0, 0.05) is 23.7 Å². The molecule has 1 N–H and O–H groups in total. The zero-order valence-electron chi connectivity index (χ0n) is 10.3. The second-order valence-electron chi connectivity index (χ2n) is 5.39. The van der Waals surface area contributed by atoms with E-state index in [-0.39, 0.29) is 0 Å². The molecular formula is C13H22N2S. The lowest BCUT2D eigenvalue weighted by Crippen LogP contribution is -2.37. The summed E-state index contributed by atoms with van der Waals surface area (Å²) in [4.78, 5) is 5.64. The van der Waals surface area contributed by atoms with Crippen LogP contribution in [-0.4, -0.2) is 17.6 Å². The Bertz CT molecular complexity index is 300. The standard InChI is InChI=1S/C13H22N2S/c1-11(2)15-9-13(5-3-4-6-13)7-12-8-14-10-16-12/h8,10-11,15H,3-7,9H2,1-2H3. The van der Waals surface area contributed by atoms with Crippen molar-refractivity contribution in [3.8, 4) is 0 Å². The van der Waals surface area contributed by atoms with Crippen molar-refractivity contribution in [2.45, 2.75) is 52.0 Å². The van der Waals surface area contributed by atoms with Gasteiger partial charge in [-0.15, -0.1) is 11.3 Å². The van der Waals surface area contributed by atoms with Crippen molar-refractivity contribution >= 4 is 11.3 Å². The van der Waals surface area contributed by atoms with Gasteiger partial charge in [0.25, 0.3) is 0 Å². The Morgan fingerprint density at radius 1 is 1.44 bits per heavy atom. The van der Waals surface area contributed by atoms with Crippen LogP contribution in [0.15, 0.2) is 11.7 Å². The van der Waals surface area contributed by atoms with Crippen LogP contribution in [0.5, 0.6) is 0 Å². The molecule has 90 valence electrons. The minimum atomic E-state index is 0.511. The molecule has 1 heterocycles. The zero-order chi connectivity index (χ0) is 11.4. The monoisotopic (exact) mass is 238 g/mol. The number of hydrogen-bond acceptors (Lipinski definition) is 3. The van der Waals surface area contributed by atoms with Gasteiger partial charge in [0.15, 0.2) is 0 Å². The maximum atomic E-state index is 4.19. The van der Waals surface area contributed by atoms with Gasteiger partial charge in [-0.25, -0.2) is 0 Å². The Balaban J connectivity index is 1.98. The third kappa shape index (κ3) is 3.05. The summed E-state index contributed by atoms with van der Waals surface area (Å²) in [6.07, 6.45) is 8.82. The third-order valence-corrected chi connectivity index (χ3v) is 4.36. The number of nitrogens with one attached hydrogen (secondary N) is 1. The van der Waals surface area contributed by atoms with E-state index < -0.39 is 0 Å². The maximum absolute atomic E-state index is 4.19. The number of rotatable bonds is 5. The third-order valence-electron chi connectivity index (χ3n) is 3.58. The molecule has 1 aliphatic carbocycles. The van der Waals surface area contributed by atoms with Gasteiger partial charge in [-0.1, -0.05) is 26.7 Å². The summed E-state index contributed by atoms with van der Waals surface area (Å²) in [5.74, 6) is 0. The molecule has 0 atom stereocenters. The number of nitrogens with zero attached hydrogens (tertiary/aromatic N) is 1. The quantitative estimate of drug-likeness (QED) is 0.852. The van der Waals surface area contributed by atoms with Crippen LogP contribution in [-0.2, 0) is 6.42 Å². The van der Waals surface area contributed by atoms with Crippen LogP contribution in [0.25, 0.3) is 0 Å². The predicted octanol–water partition coefficient (Wildman–Crippen LogP) is 3.24. The van der Waals surface area contributed by atoms with E-state index in [0.29, 0.717) is 11.5 Å². The van der Waals surface area contributed by atoms with Crippen LogP contribution in [0.3, 0.4) is 0 Å². The van der Waals surface area contributed by atoms with Gasteiger partial charge in [-0.3, -0.25) is 4.98 Å². The van der Waals surface area contributed by atoms with Crippen LogP contribution in [0.4, 0.5) is 0 Å². The average molecular weight is 238 g/mol. The molecular weight excluding hydrogens is 216 g/mol. The van der Waals surface area contributed by atoms with E-state index in [9.17, 15) is 0 Å². The fraction of sp³-hybridized carbons (Fsp3) is 0.769. The first-order valence-corrected chi connectivity index (χ1v) is 7.19. The molecule has 0 unspecified atom stereocenters. The normalized spacial score (nSPS) is 19.4. The van der Waals surface area contributed by atoms with Crippen LogP contribution in [0.2, 0.25) is 0 Å². The highest BCUT2D eigenvalue weighted by atomic mass is 32.1. The van der Waals surface area contributed by atoms with Crippen molar-refractivity contribution in [2.24, 2.45) is 5.41 Å². The first-order chi connectivity index (χ1) is 7.70. The molecule has 0 aliphatic heterocycles. The fourth-order valence-corrected chi connectivity index (χ4v) is 3.43. The van der Waals surface area contributed by atoms with E-state index in [2.05, 4.69) is 24.1 Å². The van der Waals surface area contributed by atoms with E-state index >= 15 is 0 Å². The molecule has 1 aliphatic rings. The Kier molecular flexibility index (Phi) is 3.98. The molecule has 16 heavy (non-hydrogen) atoms. The van der Waals surface area contributed by atoms with Crippen molar-refractivity contribution in [3.63, 3.8) is 0 Å². The maximum Gasteiger partial charge on any atom is 0.0794 e. The van der Waals surface area contributed by atoms with E-state index in [4.69, 9.17) is 0 Å². The minimum absolute atomic E-state index is 0.511. The van der Waals surface area contributed by atoms with Gasteiger partial charge < -0.3 is 5.32 Å². The van der Waals surface area contributed by atoms with Crippen LogP contribution < -0.4 is 5.32 Å². The highest BCUT2D eigenvalue weighted by molar-refractivity contribution is 7.09. The largest absolute Gasteiger partial charge is 0.314 e. The molecule has 0 aromatic carbocycles. The summed E-state index contributed by atoms with van der Waals surface area (Å²) in [6, 6.07) is 0.596. The topological polar surface area (TPSA) is 24.9 Å². The molecule has 1 aromatic rings. The van der Waals surface area contributed by atoms with Crippen molar-refractivity contribution in [1.82, 2.24) is 10.3 Å². The van der Waals surface area contributed by atoms with E-state index in [1.54, 1.807) is 11.3 Å². The summed E-state index contributed by atoms with van der Waals surface area (Å²) in [5, 5.41) is 3.62. The first-order valence-electron chi connectivity index (χ1n) is 6.31. The fourth-order valence-electron chi connectivity index (χ4n) is 2.66. The van der Waals surface area contributed by atoms with E-state index in [1.165, 1.54) is 43.5 Å². The number of thiazole rings is 1. The molecule has 0 radical (unpaired) electrons. The summed E-state index contributed by atoms with van der Waals surface area (Å²) >= 11 is 1.80. The number of hydrogen-bond donors (Lipinski definition) is 1. The second kappa shape index (κ2) is 5.28. The lowest BCUT2D eigenvalue weighted by atomic mass is 9.82. The van der Waals surface area contributed by atoms with Gasteiger partial charge in [0.05, 0.1) is 5.51 Å². The highest BCUT2D eigenvalue weighted by Gasteiger charge is 2.34. The van der Waals surface area contributed by atoms with Crippen molar-refractivity contribution < 1.29 is 0 Å². The summed E-state index contributed by atoms with van der Waals surface area (Å²) < 4.78 is 0. The summed E-state index contributed by atoms with van der Waals surface area (Å²) in [7, 11) is 0. The summed E-state index contributed by atoms with van der Waals surface area (Å²) in [6.45, 7) is 5.63. The Hall–Kier alpha value is -0.410. The van der Waals surface area contributed by atoms with Crippen molar-refractivity contribution in [1.29, 1.82) is 0 Å².